The third kappa shape index (κ3) is 2.18. The molecule has 1 N–H and O–H groups in total. The highest BCUT2D eigenvalue weighted by molar-refractivity contribution is 5.98. The van der Waals surface area contributed by atoms with E-state index >= 15 is 0 Å². The van der Waals surface area contributed by atoms with Crippen molar-refractivity contribution < 1.29 is 9.94 Å². The molecule has 0 saturated heterocycles. The zero-order chi connectivity index (χ0) is 9.84. The second-order valence-corrected chi connectivity index (χ2v) is 2.68. The fourth-order valence-electron chi connectivity index (χ4n) is 0.996. The Kier molecular flexibility index (Phi) is 2.84. The normalized spacial score (nSPS) is 11.5. The highest BCUT2D eigenvalue weighted by Gasteiger charge is 2.06. The van der Waals surface area contributed by atoms with Gasteiger partial charge in [0.1, 0.15) is 24.3 Å². The summed E-state index contributed by atoms with van der Waals surface area (Å²) in [5.41, 5.74) is 1.85. The van der Waals surface area contributed by atoms with Gasteiger partial charge < -0.3 is 9.94 Å². The van der Waals surface area contributed by atoms with Crippen LogP contribution in [0.1, 0.15) is 18.3 Å². The smallest absolute Gasteiger partial charge is 0.143 e. The predicted octanol–water partition coefficient (Wildman–Crippen LogP) is 1.47. The number of oxime groups is 1. The van der Waals surface area contributed by atoms with Gasteiger partial charge in [-0.3, -0.25) is 0 Å². The molecule has 70 valence electrons. The fraction of sp³-hybridized carbons (Fsp3) is 0.333. The molecule has 1 aromatic heterocycles. The molecule has 0 aromatic carbocycles. The lowest BCUT2D eigenvalue weighted by Gasteiger charge is -2.02. The number of hydrogen-bond acceptors (Lipinski definition) is 4. The molecule has 4 nitrogen and oxygen atoms in total. The van der Waals surface area contributed by atoms with Crippen LogP contribution < -0.4 is 0 Å². The maximum atomic E-state index is 9.43. The molecule has 0 bridgehead atoms. The van der Waals surface area contributed by atoms with Crippen LogP contribution in [0.4, 0.5) is 0 Å². The lowest BCUT2D eigenvalue weighted by molar-refractivity contribution is 0.213. The van der Waals surface area contributed by atoms with Gasteiger partial charge in [-0.25, -0.2) is 4.98 Å². The van der Waals surface area contributed by atoms with Gasteiger partial charge in [-0.1, -0.05) is 5.16 Å². The fourth-order valence-corrected chi connectivity index (χ4v) is 0.996. The number of aromatic nitrogens is 1. The molecule has 1 aromatic rings. The molecule has 13 heavy (non-hydrogen) atoms. The van der Waals surface area contributed by atoms with E-state index in [0.29, 0.717) is 11.4 Å². The molecular weight excluding hydrogens is 168 g/mol. The van der Waals surface area contributed by atoms with Crippen molar-refractivity contribution in [2.24, 2.45) is 5.16 Å². The lowest BCUT2D eigenvalue weighted by atomic mass is 10.2. The van der Waals surface area contributed by atoms with Gasteiger partial charge in [0.05, 0.1) is 0 Å². The van der Waals surface area contributed by atoms with E-state index in [9.17, 15) is 5.11 Å². The first kappa shape index (κ1) is 9.51. The third-order valence-corrected chi connectivity index (χ3v) is 1.58. The van der Waals surface area contributed by atoms with Crippen molar-refractivity contribution in [1.82, 2.24) is 4.98 Å². The quantitative estimate of drug-likeness (QED) is 0.553. The topological polar surface area (TPSA) is 54.7 Å². The lowest BCUT2D eigenvalue weighted by Crippen LogP contribution is -2.00. The van der Waals surface area contributed by atoms with Crippen molar-refractivity contribution in [3.63, 3.8) is 0 Å². The molecular formula is C9H12N2O2. The molecule has 1 heterocycles. The molecule has 0 aliphatic carbocycles. The monoisotopic (exact) mass is 180 g/mol. The molecule has 0 unspecified atom stereocenters. The maximum Gasteiger partial charge on any atom is 0.143 e. The van der Waals surface area contributed by atoms with E-state index in [-0.39, 0.29) is 5.75 Å². The molecule has 0 atom stereocenters. The summed E-state index contributed by atoms with van der Waals surface area (Å²) in [5.74, 6) is 0.115. The minimum Gasteiger partial charge on any atom is -0.506 e. The Morgan fingerprint density at radius 2 is 2.23 bits per heavy atom. The summed E-state index contributed by atoms with van der Waals surface area (Å²) in [6.45, 7) is 3.58. The standard InChI is InChI=1S/C9H12N2O2/c1-6-4-5-8(12)9(10-6)7(2)11-13-3/h4-5,12H,1-3H3. The highest BCUT2D eigenvalue weighted by atomic mass is 16.6. The number of aromatic hydroxyl groups is 1. The third-order valence-electron chi connectivity index (χ3n) is 1.58. The van der Waals surface area contributed by atoms with Gasteiger partial charge >= 0.3 is 0 Å². The van der Waals surface area contributed by atoms with E-state index < -0.39 is 0 Å². The second-order valence-electron chi connectivity index (χ2n) is 2.68. The van der Waals surface area contributed by atoms with Crippen LogP contribution in [0.15, 0.2) is 17.3 Å². The number of nitrogens with zero attached hydrogens (tertiary/aromatic N) is 2. The van der Waals surface area contributed by atoms with Crippen molar-refractivity contribution >= 4 is 5.71 Å². The van der Waals surface area contributed by atoms with E-state index in [1.54, 1.807) is 19.1 Å². The molecule has 0 amide bonds. The molecule has 0 aliphatic heterocycles. The van der Waals surface area contributed by atoms with Crippen molar-refractivity contribution in [2.75, 3.05) is 7.11 Å². The first-order chi connectivity index (χ1) is 6.15. The SMILES string of the molecule is CON=C(C)c1nc(C)ccc1O. The molecule has 0 radical (unpaired) electrons. The molecule has 0 saturated carbocycles. The van der Waals surface area contributed by atoms with Gasteiger partial charge in [0.25, 0.3) is 0 Å². The van der Waals surface area contributed by atoms with Gasteiger partial charge in [0.2, 0.25) is 0 Å². The van der Waals surface area contributed by atoms with Crippen LogP contribution in [0.3, 0.4) is 0 Å². The Hall–Kier alpha value is -1.58. The molecule has 1 rings (SSSR count). The van der Waals surface area contributed by atoms with Crippen LogP contribution in [-0.2, 0) is 4.84 Å². The zero-order valence-corrected chi connectivity index (χ0v) is 7.90. The van der Waals surface area contributed by atoms with Gasteiger partial charge in [0.15, 0.2) is 0 Å². The Bertz CT molecular complexity index is 334. The minimum absolute atomic E-state index is 0.115. The molecule has 4 heteroatoms. The van der Waals surface area contributed by atoms with Gasteiger partial charge in [0, 0.05) is 5.69 Å². The Labute approximate surface area is 76.9 Å². The average molecular weight is 180 g/mol. The second kappa shape index (κ2) is 3.89. The van der Waals surface area contributed by atoms with Gasteiger partial charge in [-0.15, -0.1) is 0 Å². The largest absolute Gasteiger partial charge is 0.506 e. The summed E-state index contributed by atoms with van der Waals surface area (Å²) in [5, 5.41) is 13.1. The van der Waals surface area contributed by atoms with Crippen LogP contribution in [0.5, 0.6) is 5.75 Å². The molecule has 0 spiro atoms. The number of pyridine rings is 1. The first-order valence-electron chi connectivity index (χ1n) is 3.90. The van der Waals surface area contributed by atoms with E-state index in [1.807, 2.05) is 6.92 Å². The summed E-state index contributed by atoms with van der Waals surface area (Å²) < 4.78 is 0. The zero-order valence-electron chi connectivity index (χ0n) is 7.90. The van der Waals surface area contributed by atoms with Crippen molar-refractivity contribution in [1.29, 1.82) is 0 Å². The van der Waals surface area contributed by atoms with Crippen molar-refractivity contribution in [2.45, 2.75) is 13.8 Å². The predicted molar refractivity (Wildman–Crippen MR) is 49.9 cm³/mol. The van der Waals surface area contributed by atoms with E-state index in [1.165, 1.54) is 7.11 Å². The maximum absolute atomic E-state index is 9.43. The Balaban J connectivity index is 3.13. The number of aryl methyl sites for hydroxylation is 1. The van der Waals surface area contributed by atoms with Crippen LogP contribution in [0, 0.1) is 6.92 Å². The van der Waals surface area contributed by atoms with Gasteiger partial charge in [-0.05, 0) is 26.0 Å². The van der Waals surface area contributed by atoms with Crippen LogP contribution in [-0.4, -0.2) is 22.9 Å². The van der Waals surface area contributed by atoms with Crippen LogP contribution in [0.25, 0.3) is 0 Å². The summed E-state index contributed by atoms with van der Waals surface area (Å²) in [4.78, 5) is 8.72. The number of rotatable bonds is 2. The van der Waals surface area contributed by atoms with E-state index in [2.05, 4.69) is 15.0 Å². The highest BCUT2D eigenvalue weighted by Crippen LogP contribution is 2.15. The van der Waals surface area contributed by atoms with Crippen LogP contribution >= 0.6 is 0 Å². The number of hydrogen-bond donors (Lipinski definition) is 1. The van der Waals surface area contributed by atoms with E-state index in [4.69, 9.17) is 0 Å². The van der Waals surface area contributed by atoms with Crippen molar-refractivity contribution in [3.8, 4) is 5.75 Å². The first-order valence-corrected chi connectivity index (χ1v) is 3.90. The van der Waals surface area contributed by atoms with Crippen molar-refractivity contribution in [3.05, 3.63) is 23.5 Å². The molecule has 0 aliphatic rings. The van der Waals surface area contributed by atoms with E-state index in [0.717, 1.165) is 5.69 Å². The summed E-state index contributed by atoms with van der Waals surface area (Å²) in [7, 11) is 1.45. The minimum atomic E-state index is 0.115. The summed E-state index contributed by atoms with van der Waals surface area (Å²) >= 11 is 0. The summed E-state index contributed by atoms with van der Waals surface area (Å²) in [6, 6.07) is 3.32. The molecule has 0 fully saturated rings. The van der Waals surface area contributed by atoms with Gasteiger partial charge in [-0.2, -0.15) is 0 Å². The summed E-state index contributed by atoms with van der Waals surface area (Å²) in [6.07, 6.45) is 0. The Morgan fingerprint density at radius 3 is 2.85 bits per heavy atom. The van der Waals surface area contributed by atoms with Crippen LogP contribution in [0.2, 0.25) is 0 Å². The average Bonchev–Trinajstić information content (AvgIpc) is 2.09. The Morgan fingerprint density at radius 1 is 1.54 bits per heavy atom.